The van der Waals surface area contributed by atoms with Crippen molar-refractivity contribution in [3.63, 3.8) is 0 Å². The molecule has 5 bridgehead atoms. The molecule has 0 aliphatic carbocycles. The summed E-state index contributed by atoms with van der Waals surface area (Å²) in [4.78, 5) is 60.4. The van der Waals surface area contributed by atoms with Crippen molar-refractivity contribution in [3.05, 3.63) is 119 Å². The van der Waals surface area contributed by atoms with E-state index >= 15 is 4.79 Å². The summed E-state index contributed by atoms with van der Waals surface area (Å²) in [5.74, 6) is -3.56. The first-order valence-corrected chi connectivity index (χ1v) is 17.7. The van der Waals surface area contributed by atoms with Gasteiger partial charge in [0.2, 0.25) is 11.8 Å². The number of nitrogens with one attached hydrogen (secondary N) is 1. The van der Waals surface area contributed by atoms with E-state index in [0.717, 1.165) is 0 Å². The zero-order valence-electron chi connectivity index (χ0n) is 27.9. The Bertz CT molecular complexity index is 1850. The molecule has 0 aromatic heterocycles. The number of cyclic esters (lactones) is 1. The summed E-state index contributed by atoms with van der Waals surface area (Å²) in [7, 11) is 1.55. The van der Waals surface area contributed by atoms with Gasteiger partial charge < -0.3 is 34.4 Å². The molecule has 2 saturated heterocycles. The second kappa shape index (κ2) is 14.5. The third-order valence-electron chi connectivity index (χ3n) is 10.1. The highest BCUT2D eigenvalue weighted by Gasteiger charge is 2.75. The minimum atomic E-state index is -1.57. The number of anilines is 1. The zero-order chi connectivity index (χ0) is 35.7. The topological polar surface area (TPSA) is 135 Å². The fraction of sp³-hybridized carbons (Fsp3) is 0.333. The van der Waals surface area contributed by atoms with Gasteiger partial charge in [-0.15, -0.1) is 0 Å². The lowest BCUT2D eigenvalue weighted by Gasteiger charge is -2.38. The maximum atomic E-state index is 15.2. The smallest absolute Gasteiger partial charge is 0.313 e. The quantitative estimate of drug-likeness (QED) is 0.280. The number of hydrogen-bond acceptors (Lipinski definition) is 8. The molecule has 2 N–H and O–H groups in total. The molecule has 0 saturated carbocycles. The first kappa shape index (κ1) is 34.7. The lowest BCUT2D eigenvalue weighted by atomic mass is 9.74. The number of methoxy groups -OCH3 is 1. The Labute approximate surface area is 304 Å². The number of allylic oxidation sites excluding steroid dienone is 1. The van der Waals surface area contributed by atoms with Crippen LogP contribution in [0, 0.1) is 11.8 Å². The van der Waals surface area contributed by atoms with Crippen molar-refractivity contribution < 1.29 is 38.5 Å². The molecule has 1 spiro atoms. The van der Waals surface area contributed by atoms with Crippen LogP contribution in [0.5, 0.6) is 5.75 Å². The average Bonchev–Trinajstić information content (AvgIpc) is 3.75. The van der Waals surface area contributed by atoms with E-state index in [2.05, 4.69) is 21.2 Å². The number of hydrogen-bond donors (Lipinski definition) is 2. The van der Waals surface area contributed by atoms with Gasteiger partial charge in [0.15, 0.2) is 0 Å². The maximum absolute atomic E-state index is 15.2. The fourth-order valence-electron chi connectivity index (χ4n) is 7.72. The number of halogens is 1. The van der Waals surface area contributed by atoms with Crippen molar-refractivity contribution in [3.8, 4) is 5.75 Å². The molecular weight excluding hydrogens is 718 g/mol. The van der Waals surface area contributed by atoms with E-state index in [4.69, 9.17) is 14.2 Å². The molecule has 11 nitrogen and oxygen atoms in total. The number of nitrogens with zero attached hydrogens (tertiary/aromatic N) is 2. The van der Waals surface area contributed by atoms with Gasteiger partial charge in [-0.05, 0) is 47.9 Å². The molecule has 2 fully saturated rings. The molecule has 3 amide bonds. The zero-order valence-corrected chi connectivity index (χ0v) is 29.5. The van der Waals surface area contributed by atoms with Crippen molar-refractivity contribution in [1.82, 2.24) is 10.2 Å². The number of benzene rings is 3. The summed E-state index contributed by atoms with van der Waals surface area (Å²) in [6.07, 6.45) is 4.21. The van der Waals surface area contributed by atoms with Crippen LogP contribution in [-0.4, -0.2) is 78.3 Å². The predicted octanol–water partition coefficient (Wildman–Crippen LogP) is 4.39. The first-order valence-electron chi connectivity index (χ1n) is 16.9. The van der Waals surface area contributed by atoms with Crippen LogP contribution in [0.3, 0.4) is 0 Å². The second-order valence-corrected chi connectivity index (χ2v) is 13.9. The number of carbonyl (C=O) groups excluding carboxylic acids is 4. The van der Waals surface area contributed by atoms with E-state index in [1.165, 1.54) is 4.90 Å². The summed E-state index contributed by atoms with van der Waals surface area (Å²) in [5, 5.41) is 13.8. The number of esters is 1. The SMILES string of the molecule is COc1ccc(N2C/C=C\CCC(=O)NC[C@@H](c3ccccc3)OC(=O)[C@@H]3[C@H]4O[C@@]5(C=C4Br)[C@H](C2=O)N([C@H](CO)c2ccccc2)C(=O)[C@@H]35)cc1. The highest BCUT2D eigenvalue weighted by atomic mass is 79.9. The van der Waals surface area contributed by atoms with E-state index in [1.54, 1.807) is 78.7 Å². The van der Waals surface area contributed by atoms with Crippen LogP contribution in [0.2, 0.25) is 0 Å². The van der Waals surface area contributed by atoms with Crippen molar-refractivity contribution >= 4 is 45.3 Å². The van der Waals surface area contributed by atoms with Gasteiger partial charge in [0, 0.05) is 23.1 Å². The normalized spacial score (nSPS) is 29.2. The Hall–Kier alpha value is -4.78. The van der Waals surface area contributed by atoms with Gasteiger partial charge in [-0.3, -0.25) is 19.2 Å². The summed E-state index contributed by atoms with van der Waals surface area (Å²) in [5.41, 5.74) is 0.259. The monoisotopic (exact) mass is 755 g/mol. The standard InChI is InChI=1S/C39H38BrN3O8/c1-49-27-18-16-26(17-19-27)42-20-10-4-9-15-31(45)41-22-30(25-13-7-3-8-14-25)50-38(48)32-33-36(46)43(29(23-44)24-11-5-2-6-12-24)35(37(42)47)39(33)21-28(40)34(32)51-39/h2-8,10-14,16-19,21,29-30,32-35,44H,9,15,20,22-23H2,1H3,(H,41,45)/b10-4-/t29-,30+,32+,33-,34+,35+,39-/m1/s1. The van der Waals surface area contributed by atoms with E-state index in [9.17, 15) is 19.5 Å². The van der Waals surface area contributed by atoms with Crippen molar-refractivity contribution in [2.45, 2.75) is 42.7 Å². The lowest BCUT2D eigenvalue weighted by Crippen LogP contribution is -2.57. The van der Waals surface area contributed by atoms with Crippen LogP contribution in [0.1, 0.15) is 36.1 Å². The second-order valence-electron chi connectivity index (χ2n) is 13.0. The van der Waals surface area contributed by atoms with Crippen LogP contribution in [0.25, 0.3) is 0 Å². The van der Waals surface area contributed by atoms with Gasteiger partial charge in [0.05, 0.1) is 32.2 Å². The van der Waals surface area contributed by atoms with Crippen LogP contribution in [0.4, 0.5) is 5.69 Å². The number of carbonyl (C=O) groups is 4. The molecule has 3 aromatic carbocycles. The Morgan fingerprint density at radius 3 is 2.35 bits per heavy atom. The summed E-state index contributed by atoms with van der Waals surface area (Å²) in [6.45, 7) is -0.350. The van der Waals surface area contributed by atoms with Gasteiger partial charge in [-0.1, -0.05) is 88.7 Å². The molecule has 0 radical (unpaired) electrons. The Morgan fingerprint density at radius 2 is 1.67 bits per heavy atom. The number of likely N-dealkylation sites (tertiary alicyclic amines) is 1. The van der Waals surface area contributed by atoms with Crippen LogP contribution in [0.15, 0.2) is 108 Å². The van der Waals surface area contributed by atoms with Crippen LogP contribution < -0.4 is 15.0 Å². The van der Waals surface area contributed by atoms with E-state index in [1.807, 2.05) is 36.4 Å². The number of fused-ring (bicyclic) bond motifs is 2. The number of ether oxygens (including phenoxy) is 3. The number of aliphatic hydroxyl groups excluding tert-OH is 1. The Kier molecular flexibility index (Phi) is 9.82. The molecule has 0 unspecified atom stereocenters. The van der Waals surface area contributed by atoms with Crippen molar-refractivity contribution in [1.29, 1.82) is 0 Å². The minimum absolute atomic E-state index is 0.0242. The number of aliphatic hydroxyl groups is 1. The lowest BCUT2D eigenvalue weighted by molar-refractivity contribution is -0.160. The molecule has 4 aliphatic rings. The molecule has 4 heterocycles. The first-order chi connectivity index (χ1) is 24.8. The van der Waals surface area contributed by atoms with E-state index in [0.29, 0.717) is 33.5 Å². The van der Waals surface area contributed by atoms with Gasteiger partial charge in [0.1, 0.15) is 35.5 Å². The van der Waals surface area contributed by atoms with Gasteiger partial charge >= 0.3 is 5.97 Å². The third-order valence-corrected chi connectivity index (χ3v) is 10.8. The fourth-order valence-corrected chi connectivity index (χ4v) is 8.46. The molecule has 264 valence electrons. The molecule has 12 heteroatoms. The highest BCUT2D eigenvalue weighted by Crippen LogP contribution is 2.60. The van der Waals surface area contributed by atoms with Gasteiger partial charge in [-0.25, -0.2) is 0 Å². The Balaban J connectivity index is 1.37. The van der Waals surface area contributed by atoms with E-state index in [-0.39, 0.29) is 25.4 Å². The molecular formula is C39H38BrN3O8. The maximum Gasteiger partial charge on any atom is 0.313 e. The molecule has 51 heavy (non-hydrogen) atoms. The minimum Gasteiger partial charge on any atom is -0.497 e. The van der Waals surface area contributed by atoms with E-state index < -0.39 is 66.1 Å². The summed E-state index contributed by atoms with van der Waals surface area (Å²) >= 11 is 3.60. The van der Waals surface area contributed by atoms with Crippen molar-refractivity contribution in [2.24, 2.45) is 11.8 Å². The Morgan fingerprint density at radius 1 is 0.961 bits per heavy atom. The molecule has 4 aliphatic heterocycles. The summed E-state index contributed by atoms with van der Waals surface area (Å²) < 4.78 is 18.7. The molecule has 7 atom stereocenters. The number of rotatable bonds is 6. The summed E-state index contributed by atoms with van der Waals surface area (Å²) in [6, 6.07) is 22.9. The number of amides is 3. The predicted molar refractivity (Wildman–Crippen MR) is 191 cm³/mol. The van der Waals surface area contributed by atoms with Crippen LogP contribution in [-0.2, 0) is 28.7 Å². The molecule has 3 aromatic rings. The van der Waals surface area contributed by atoms with Gasteiger partial charge in [-0.2, -0.15) is 0 Å². The van der Waals surface area contributed by atoms with Gasteiger partial charge in [0.25, 0.3) is 5.91 Å². The third kappa shape index (κ3) is 6.25. The highest BCUT2D eigenvalue weighted by molar-refractivity contribution is 9.11. The van der Waals surface area contributed by atoms with Crippen molar-refractivity contribution in [2.75, 3.05) is 31.7 Å². The molecule has 7 rings (SSSR count). The van der Waals surface area contributed by atoms with Crippen LogP contribution >= 0.6 is 15.9 Å². The largest absolute Gasteiger partial charge is 0.497 e. The average molecular weight is 757 g/mol.